The van der Waals surface area contributed by atoms with Gasteiger partial charge in [0.05, 0.1) is 25.2 Å². The Bertz CT molecular complexity index is 1440. The number of rotatable bonds is 5. The molecule has 0 spiro atoms. The molecule has 2 amide bonds. The highest BCUT2D eigenvalue weighted by Gasteiger charge is 2.42. The maximum absolute atomic E-state index is 13.1. The third kappa shape index (κ3) is 5.40. The summed E-state index contributed by atoms with van der Waals surface area (Å²) in [6.07, 6.45) is -3.06. The molecule has 40 heavy (non-hydrogen) atoms. The lowest BCUT2D eigenvalue weighted by Gasteiger charge is -2.49. The number of nitrogens with zero attached hydrogens (tertiary/aromatic N) is 2. The number of carbonyl (C=O) groups excluding carboxylic acids is 2. The van der Waals surface area contributed by atoms with Crippen LogP contribution in [0.3, 0.4) is 0 Å². The van der Waals surface area contributed by atoms with Gasteiger partial charge in [0.25, 0.3) is 5.91 Å². The molecular formula is C30H31F3N4O3. The number of pyridine rings is 1. The number of hydrogen-bond acceptors (Lipinski definition) is 5. The van der Waals surface area contributed by atoms with E-state index in [1.165, 1.54) is 6.07 Å². The minimum Gasteiger partial charge on any atom is -0.377 e. The molecule has 10 heteroatoms. The normalized spacial score (nSPS) is 20.4. The van der Waals surface area contributed by atoms with E-state index in [9.17, 15) is 22.8 Å². The Labute approximate surface area is 230 Å². The van der Waals surface area contributed by atoms with Gasteiger partial charge in [-0.15, -0.1) is 0 Å². The van der Waals surface area contributed by atoms with E-state index in [0.717, 1.165) is 40.2 Å². The number of nitrogens with one attached hydrogen (secondary N) is 2. The first-order valence-electron chi connectivity index (χ1n) is 13.3. The predicted molar refractivity (Wildman–Crippen MR) is 146 cm³/mol. The number of ether oxygens (including phenoxy) is 1. The summed E-state index contributed by atoms with van der Waals surface area (Å²) in [5.74, 6) is -0.845. The third-order valence-corrected chi connectivity index (χ3v) is 7.55. The number of aryl methyl sites for hydroxylation is 1. The van der Waals surface area contributed by atoms with Gasteiger partial charge in [0, 0.05) is 35.7 Å². The Morgan fingerprint density at radius 3 is 2.65 bits per heavy atom. The highest BCUT2D eigenvalue weighted by Crippen LogP contribution is 2.41. The molecule has 2 aliphatic rings. The maximum Gasteiger partial charge on any atom is 0.433 e. The van der Waals surface area contributed by atoms with E-state index in [1.807, 2.05) is 32.0 Å². The largest absolute Gasteiger partial charge is 0.433 e. The molecule has 0 radical (unpaired) electrons. The molecule has 0 aliphatic carbocycles. The molecule has 5 rings (SSSR count). The summed E-state index contributed by atoms with van der Waals surface area (Å²) in [6, 6.07) is 13.6. The van der Waals surface area contributed by atoms with E-state index in [-0.39, 0.29) is 29.5 Å². The Balaban J connectivity index is 1.45. The summed E-state index contributed by atoms with van der Waals surface area (Å²) in [7, 11) is 0. The molecular weight excluding hydrogens is 521 g/mol. The number of anilines is 2. The summed E-state index contributed by atoms with van der Waals surface area (Å²) in [4.78, 5) is 31.3. The Morgan fingerprint density at radius 2 is 1.90 bits per heavy atom. The number of carbonyl (C=O) groups is 2. The van der Waals surface area contributed by atoms with E-state index < -0.39 is 17.8 Å². The molecule has 0 saturated carbocycles. The van der Waals surface area contributed by atoms with Gasteiger partial charge in [-0.3, -0.25) is 14.6 Å². The molecule has 2 aliphatic heterocycles. The second kappa shape index (κ2) is 10.9. The van der Waals surface area contributed by atoms with Gasteiger partial charge in [0.1, 0.15) is 5.69 Å². The minimum absolute atomic E-state index is 0.0285. The first kappa shape index (κ1) is 27.6. The maximum atomic E-state index is 13.1. The molecule has 3 heterocycles. The number of halogens is 3. The molecule has 0 bridgehead atoms. The van der Waals surface area contributed by atoms with E-state index in [4.69, 9.17) is 4.74 Å². The van der Waals surface area contributed by atoms with Crippen LogP contribution in [-0.2, 0) is 22.1 Å². The lowest BCUT2D eigenvalue weighted by Crippen LogP contribution is -2.60. The number of fused-ring (bicyclic) bond motifs is 3. The number of benzene rings is 2. The van der Waals surface area contributed by atoms with Gasteiger partial charge in [-0.1, -0.05) is 18.2 Å². The first-order chi connectivity index (χ1) is 19.1. The summed E-state index contributed by atoms with van der Waals surface area (Å²) >= 11 is 0. The smallest absolute Gasteiger partial charge is 0.377 e. The topological polar surface area (TPSA) is 83.6 Å². The van der Waals surface area contributed by atoms with Crippen LogP contribution < -0.4 is 15.5 Å². The van der Waals surface area contributed by atoms with Crippen LogP contribution in [0.4, 0.5) is 24.5 Å². The standard InChI is InChI=1S/C30H31F3N4O3/c1-4-34-29(39)24-11-20-7-6-19(12-25(20)37-18(3)15-40-16-26(24)37)23-14-22(8-5-17(23)2)36-28(38)21-9-10-35-27(13-21)30(31,32)33/h5-10,12-14,18,24,26H,4,11,15-16H2,1-3H3,(H,34,39)(H,36,38)/t18?,24-,26+/m1/s1. The Hall–Kier alpha value is -3.92. The predicted octanol–water partition coefficient (Wildman–Crippen LogP) is 5.23. The Kier molecular flexibility index (Phi) is 7.55. The van der Waals surface area contributed by atoms with Gasteiger partial charge < -0.3 is 20.3 Å². The van der Waals surface area contributed by atoms with E-state index in [0.29, 0.717) is 31.9 Å². The molecule has 3 aromatic rings. The number of aromatic nitrogens is 1. The quantitative estimate of drug-likeness (QED) is 0.453. The zero-order valence-electron chi connectivity index (χ0n) is 22.5. The molecule has 2 N–H and O–H groups in total. The first-order valence-corrected chi connectivity index (χ1v) is 13.3. The van der Waals surface area contributed by atoms with Crippen LogP contribution in [0.25, 0.3) is 11.1 Å². The van der Waals surface area contributed by atoms with Crippen molar-refractivity contribution in [2.24, 2.45) is 5.92 Å². The fourth-order valence-electron chi connectivity index (χ4n) is 5.60. The fourth-order valence-corrected chi connectivity index (χ4v) is 5.60. The lowest BCUT2D eigenvalue weighted by molar-refractivity contribution is -0.141. The Morgan fingerprint density at radius 1 is 1.10 bits per heavy atom. The van der Waals surface area contributed by atoms with Crippen LogP contribution in [0.5, 0.6) is 0 Å². The van der Waals surface area contributed by atoms with Crippen LogP contribution in [0.15, 0.2) is 54.7 Å². The minimum atomic E-state index is -4.64. The zero-order valence-corrected chi connectivity index (χ0v) is 22.5. The van der Waals surface area contributed by atoms with Crippen molar-refractivity contribution >= 4 is 23.2 Å². The number of amides is 2. The molecule has 7 nitrogen and oxygen atoms in total. The van der Waals surface area contributed by atoms with Crippen molar-refractivity contribution in [1.82, 2.24) is 10.3 Å². The average molecular weight is 553 g/mol. The van der Waals surface area contributed by atoms with Gasteiger partial charge in [0.2, 0.25) is 5.91 Å². The second-order valence-corrected chi connectivity index (χ2v) is 10.3. The number of morpholine rings is 1. The van der Waals surface area contributed by atoms with E-state index in [2.05, 4.69) is 39.6 Å². The van der Waals surface area contributed by atoms with E-state index >= 15 is 0 Å². The molecule has 1 aromatic heterocycles. The fraction of sp³-hybridized carbons (Fsp3) is 0.367. The number of hydrogen-bond donors (Lipinski definition) is 2. The third-order valence-electron chi connectivity index (χ3n) is 7.55. The van der Waals surface area contributed by atoms with Crippen molar-refractivity contribution in [3.05, 3.63) is 77.1 Å². The molecule has 1 unspecified atom stereocenters. The highest BCUT2D eigenvalue weighted by atomic mass is 19.4. The summed E-state index contributed by atoms with van der Waals surface area (Å²) in [5.41, 5.74) is 4.15. The summed E-state index contributed by atoms with van der Waals surface area (Å²) < 4.78 is 45.0. The monoisotopic (exact) mass is 552 g/mol. The van der Waals surface area contributed by atoms with Crippen molar-refractivity contribution in [2.45, 2.75) is 45.5 Å². The van der Waals surface area contributed by atoms with Crippen molar-refractivity contribution in [2.75, 3.05) is 30.0 Å². The van der Waals surface area contributed by atoms with Gasteiger partial charge in [-0.25, -0.2) is 0 Å². The lowest BCUT2D eigenvalue weighted by atomic mass is 9.82. The van der Waals surface area contributed by atoms with Crippen molar-refractivity contribution in [1.29, 1.82) is 0 Å². The summed E-state index contributed by atoms with van der Waals surface area (Å²) in [5, 5.41) is 5.68. The number of alkyl halides is 3. The van der Waals surface area contributed by atoms with Crippen molar-refractivity contribution < 1.29 is 27.5 Å². The molecule has 210 valence electrons. The van der Waals surface area contributed by atoms with Crippen LogP contribution >= 0.6 is 0 Å². The van der Waals surface area contributed by atoms with E-state index in [1.54, 1.807) is 6.07 Å². The summed E-state index contributed by atoms with van der Waals surface area (Å²) in [6.45, 7) is 7.57. The average Bonchev–Trinajstić information content (AvgIpc) is 2.93. The van der Waals surface area contributed by atoms with Gasteiger partial charge in [-0.05, 0) is 79.8 Å². The van der Waals surface area contributed by atoms with Gasteiger partial charge >= 0.3 is 6.18 Å². The molecule has 2 aromatic carbocycles. The molecule has 3 atom stereocenters. The molecule has 1 fully saturated rings. The molecule has 1 saturated heterocycles. The SMILES string of the molecule is CCNC(=O)[C@@H]1Cc2ccc(-c3cc(NC(=O)c4ccnc(C(F)(F)F)c4)ccc3C)cc2N2C(C)COC[C@@H]12. The van der Waals surface area contributed by atoms with Gasteiger partial charge in [0.15, 0.2) is 0 Å². The van der Waals surface area contributed by atoms with Crippen LogP contribution in [0.2, 0.25) is 0 Å². The van der Waals surface area contributed by atoms with Crippen molar-refractivity contribution in [3.8, 4) is 11.1 Å². The highest BCUT2D eigenvalue weighted by molar-refractivity contribution is 6.04. The van der Waals surface area contributed by atoms with Crippen LogP contribution in [-0.4, -0.2) is 48.6 Å². The van der Waals surface area contributed by atoms with Crippen LogP contribution in [0, 0.1) is 12.8 Å². The van der Waals surface area contributed by atoms with Crippen molar-refractivity contribution in [3.63, 3.8) is 0 Å². The van der Waals surface area contributed by atoms with Gasteiger partial charge in [-0.2, -0.15) is 13.2 Å². The van der Waals surface area contributed by atoms with Crippen LogP contribution in [0.1, 0.15) is 41.0 Å². The zero-order chi connectivity index (χ0) is 28.6. The second-order valence-electron chi connectivity index (χ2n) is 10.3.